The Morgan fingerprint density at radius 1 is 0.941 bits per heavy atom. The van der Waals surface area contributed by atoms with Crippen LogP contribution in [-0.4, -0.2) is 0 Å². The van der Waals surface area contributed by atoms with Gasteiger partial charge in [-0.3, -0.25) is 0 Å². The number of terminal acetylenes is 1. The van der Waals surface area contributed by atoms with Crippen molar-refractivity contribution in [2.24, 2.45) is 0 Å². The van der Waals surface area contributed by atoms with E-state index in [2.05, 4.69) is 5.92 Å². The molecule has 0 nitrogen and oxygen atoms in total. The van der Waals surface area contributed by atoms with Gasteiger partial charge in [0.05, 0.1) is 10.0 Å². The van der Waals surface area contributed by atoms with E-state index in [9.17, 15) is 4.39 Å². The second-order valence-electron chi connectivity index (χ2n) is 3.50. The summed E-state index contributed by atoms with van der Waals surface area (Å²) in [6, 6.07) is 9.55. The van der Waals surface area contributed by atoms with Crippen LogP contribution in [0, 0.1) is 18.2 Å². The van der Waals surface area contributed by atoms with Gasteiger partial charge in [0, 0.05) is 5.56 Å². The van der Waals surface area contributed by atoms with Crippen molar-refractivity contribution in [1.29, 1.82) is 0 Å². The molecule has 2 aromatic carbocycles. The van der Waals surface area contributed by atoms with Crippen LogP contribution in [-0.2, 0) is 0 Å². The molecule has 17 heavy (non-hydrogen) atoms. The van der Waals surface area contributed by atoms with Crippen molar-refractivity contribution < 1.29 is 4.39 Å². The van der Waals surface area contributed by atoms with Crippen LogP contribution < -0.4 is 0 Å². The van der Waals surface area contributed by atoms with E-state index in [4.69, 9.17) is 29.6 Å². The maximum absolute atomic E-state index is 13.3. The van der Waals surface area contributed by atoms with Crippen LogP contribution in [0.15, 0.2) is 36.4 Å². The number of halogens is 3. The Morgan fingerprint density at radius 3 is 2.35 bits per heavy atom. The van der Waals surface area contributed by atoms with Gasteiger partial charge in [-0.2, -0.15) is 0 Å². The second-order valence-corrected chi connectivity index (χ2v) is 4.32. The van der Waals surface area contributed by atoms with Gasteiger partial charge in [-0.15, -0.1) is 6.42 Å². The highest BCUT2D eigenvalue weighted by Crippen LogP contribution is 2.29. The summed E-state index contributed by atoms with van der Waals surface area (Å²) in [6.07, 6.45) is 5.26. The topological polar surface area (TPSA) is 0 Å². The molecule has 0 aliphatic carbocycles. The van der Waals surface area contributed by atoms with Crippen molar-refractivity contribution in [2.75, 3.05) is 0 Å². The van der Waals surface area contributed by atoms with E-state index in [1.807, 2.05) is 0 Å². The molecule has 0 spiro atoms. The third-order valence-corrected chi connectivity index (χ3v) is 3.06. The second kappa shape index (κ2) is 4.79. The zero-order valence-corrected chi connectivity index (χ0v) is 10.2. The molecule has 0 aliphatic heterocycles. The van der Waals surface area contributed by atoms with Gasteiger partial charge >= 0.3 is 0 Å². The maximum atomic E-state index is 13.3. The minimum Gasteiger partial charge on any atom is -0.207 e. The molecule has 2 rings (SSSR count). The molecule has 0 saturated heterocycles. The van der Waals surface area contributed by atoms with Crippen molar-refractivity contribution in [3.8, 4) is 23.5 Å². The minimum absolute atomic E-state index is 0.374. The van der Waals surface area contributed by atoms with Gasteiger partial charge in [0.25, 0.3) is 0 Å². The third-order valence-electron chi connectivity index (χ3n) is 2.32. The summed E-state index contributed by atoms with van der Waals surface area (Å²) in [5.74, 6) is 2.03. The van der Waals surface area contributed by atoms with Crippen LogP contribution in [0.1, 0.15) is 5.56 Å². The highest BCUT2D eigenvalue weighted by atomic mass is 35.5. The Morgan fingerprint density at radius 2 is 1.71 bits per heavy atom. The van der Waals surface area contributed by atoms with Crippen LogP contribution in [0.2, 0.25) is 10.0 Å². The molecule has 0 N–H and O–H groups in total. The quantitative estimate of drug-likeness (QED) is 0.651. The van der Waals surface area contributed by atoms with Crippen molar-refractivity contribution in [3.05, 3.63) is 57.8 Å². The van der Waals surface area contributed by atoms with E-state index in [-0.39, 0.29) is 5.82 Å². The van der Waals surface area contributed by atoms with Crippen LogP contribution in [0.5, 0.6) is 0 Å². The lowest BCUT2D eigenvalue weighted by atomic mass is 10.0. The zero-order valence-electron chi connectivity index (χ0n) is 8.68. The molecular weight excluding hydrogens is 258 g/mol. The first-order chi connectivity index (χ1) is 8.10. The van der Waals surface area contributed by atoms with Crippen molar-refractivity contribution in [3.63, 3.8) is 0 Å². The average molecular weight is 265 g/mol. The lowest BCUT2D eigenvalue weighted by molar-refractivity contribution is 0.628. The lowest BCUT2D eigenvalue weighted by Crippen LogP contribution is -1.84. The molecule has 0 fully saturated rings. The number of hydrogen-bond donors (Lipinski definition) is 0. The third kappa shape index (κ3) is 2.61. The molecule has 0 atom stereocenters. The normalized spacial score (nSPS) is 10.0. The largest absolute Gasteiger partial charge is 0.207 e. The SMILES string of the molecule is C#Cc1cc(F)cc(-c2ccc(Cl)c(Cl)c2)c1. The molecule has 0 radical (unpaired) electrons. The van der Waals surface area contributed by atoms with E-state index < -0.39 is 0 Å². The molecule has 0 bridgehead atoms. The molecule has 0 unspecified atom stereocenters. The summed E-state index contributed by atoms with van der Waals surface area (Å²) in [5, 5.41) is 0.889. The summed E-state index contributed by atoms with van der Waals surface area (Å²) in [6.45, 7) is 0. The molecular formula is C14H7Cl2F. The molecule has 84 valence electrons. The van der Waals surface area contributed by atoms with E-state index in [1.54, 1.807) is 24.3 Å². The van der Waals surface area contributed by atoms with Gasteiger partial charge in [0.2, 0.25) is 0 Å². The summed E-state index contributed by atoms with van der Waals surface area (Å²) in [7, 11) is 0. The summed E-state index contributed by atoms with van der Waals surface area (Å²) in [5.41, 5.74) is 1.94. The fourth-order valence-electron chi connectivity index (χ4n) is 1.52. The number of rotatable bonds is 1. The predicted molar refractivity (Wildman–Crippen MR) is 69.8 cm³/mol. The smallest absolute Gasteiger partial charge is 0.125 e. The molecule has 0 aromatic heterocycles. The number of hydrogen-bond acceptors (Lipinski definition) is 0. The van der Waals surface area contributed by atoms with Crippen molar-refractivity contribution >= 4 is 23.2 Å². The standard InChI is InChI=1S/C14H7Cl2F/c1-2-9-5-11(7-12(17)6-9)10-3-4-13(15)14(16)8-10/h1,3-8H. The highest BCUT2D eigenvalue weighted by molar-refractivity contribution is 6.42. The summed E-state index contributed by atoms with van der Waals surface area (Å²) < 4.78 is 13.3. The van der Waals surface area contributed by atoms with E-state index in [0.29, 0.717) is 21.2 Å². The Bertz CT molecular complexity index is 612. The molecule has 0 saturated carbocycles. The van der Waals surface area contributed by atoms with Gasteiger partial charge in [0.1, 0.15) is 5.82 Å². The van der Waals surface area contributed by atoms with Gasteiger partial charge in [-0.25, -0.2) is 4.39 Å². The molecule has 0 aliphatic rings. The fraction of sp³-hybridized carbons (Fsp3) is 0. The fourth-order valence-corrected chi connectivity index (χ4v) is 1.81. The van der Waals surface area contributed by atoms with E-state index in [1.165, 1.54) is 12.1 Å². The van der Waals surface area contributed by atoms with Crippen molar-refractivity contribution in [2.45, 2.75) is 0 Å². The lowest BCUT2D eigenvalue weighted by Gasteiger charge is -2.05. The Labute approximate surface area is 109 Å². The first-order valence-corrected chi connectivity index (χ1v) is 5.58. The minimum atomic E-state index is -0.374. The van der Waals surface area contributed by atoms with Gasteiger partial charge < -0.3 is 0 Å². The first-order valence-electron chi connectivity index (χ1n) is 4.83. The summed E-state index contributed by atoms with van der Waals surface area (Å²) >= 11 is 11.7. The Kier molecular flexibility index (Phi) is 3.38. The van der Waals surface area contributed by atoms with Gasteiger partial charge in [0.15, 0.2) is 0 Å². The molecule has 0 heterocycles. The molecule has 3 heteroatoms. The maximum Gasteiger partial charge on any atom is 0.125 e. The van der Waals surface area contributed by atoms with Gasteiger partial charge in [-0.05, 0) is 41.5 Å². The van der Waals surface area contributed by atoms with E-state index in [0.717, 1.165) is 5.56 Å². The monoisotopic (exact) mass is 264 g/mol. The average Bonchev–Trinajstić information content (AvgIpc) is 2.32. The van der Waals surface area contributed by atoms with Gasteiger partial charge in [-0.1, -0.05) is 35.2 Å². The Hall–Kier alpha value is -1.49. The van der Waals surface area contributed by atoms with Crippen LogP contribution >= 0.6 is 23.2 Å². The predicted octanol–water partition coefficient (Wildman–Crippen LogP) is 4.78. The van der Waals surface area contributed by atoms with Crippen LogP contribution in [0.4, 0.5) is 4.39 Å². The van der Waals surface area contributed by atoms with E-state index >= 15 is 0 Å². The zero-order chi connectivity index (χ0) is 12.4. The molecule has 0 amide bonds. The molecule has 2 aromatic rings. The highest BCUT2D eigenvalue weighted by Gasteiger charge is 2.05. The summed E-state index contributed by atoms with van der Waals surface area (Å²) in [4.78, 5) is 0. The Balaban J connectivity index is 2.56. The van der Waals surface area contributed by atoms with Crippen LogP contribution in [0.25, 0.3) is 11.1 Å². The number of benzene rings is 2. The first kappa shape index (κ1) is 12.0. The van der Waals surface area contributed by atoms with Crippen molar-refractivity contribution in [1.82, 2.24) is 0 Å². The van der Waals surface area contributed by atoms with Crippen LogP contribution in [0.3, 0.4) is 0 Å².